The Hall–Kier alpha value is -1.31. The van der Waals surface area contributed by atoms with Crippen molar-refractivity contribution >= 4 is 11.6 Å². The van der Waals surface area contributed by atoms with Crippen LogP contribution in [-0.4, -0.2) is 5.91 Å². The molecule has 2 nitrogen and oxygen atoms in total. The van der Waals surface area contributed by atoms with E-state index in [9.17, 15) is 4.79 Å². The van der Waals surface area contributed by atoms with Gasteiger partial charge in [-0.05, 0) is 37.5 Å². The van der Waals surface area contributed by atoms with E-state index < -0.39 is 0 Å². The van der Waals surface area contributed by atoms with Crippen molar-refractivity contribution in [3.63, 3.8) is 0 Å². The fourth-order valence-electron chi connectivity index (χ4n) is 1.31. The summed E-state index contributed by atoms with van der Waals surface area (Å²) in [6.45, 7) is 6.02. The number of rotatable bonds is 2. The highest BCUT2D eigenvalue weighted by Gasteiger charge is 2.29. The summed E-state index contributed by atoms with van der Waals surface area (Å²) in [6, 6.07) is 7.89. The molecule has 0 atom stereocenters. The van der Waals surface area contributed by atoms with Gasteiger partial charge in [-0.3, -0.25) is 4.79 Å². The molecule has 2 heteroatoms. The number of hydrogen-bond donors (Lipinski definition) is 1. The summed E-state index contributed by atoms with van der Waals surface area (Å²) in [5, 5.41) is 2.91. The summed E-state index contributed by atoms with van der Waals surface area (Å²) < 4.78 is 0. The number of amides is 1. The Morgan fingerprint density at radius 2 is 2.00 bits per heavy atom. The topological polar surface area (TPSA) is 29.1 Å². The Morgan fingerprint density at radius 3 is 2.53 bits per heavy atom. The second kappa shape index (κ2) is 5.54. The molecule has 1 aromatic rings. The van der Waals surface area contributed by atoms with Crippen LogP contribution in [0.3, 0.4) is 0 Å². The van der Waals surface area contributed by atoms with Crippen LogP contribution < -0.4 is 5.32 Å². The van der Waals surface area contributed by atoms with Crippen LogP contribution in [-0.2, 0) is 4.79 Å². The molecule has 1 aliphatic rings. The molecule has 2 rings (SSSR count). The van der Waals surface area contributed by atoms with E-state index in [1.165, 1.54) is 5.56 Å². The predicted octanol–water partition coefficient (Wildman–Crippen LogP) is 3.37. The standard InChI is InChI=1S/C11H13NO.C2H6/c1-8-3-2-4-10(7-8)12-11(13)9-5-6-9;1-2/h2-4,7,9H,5-6H2,1H3,(H,12,13);1-2H3. The summed E-state index contributed by atoms with van der Waals surface area (Å²) >= 11 is 0. The van der Waals surface area contributed by atoms with E-state index in [-0.39, 0.29) is 11.8 Å². The van der Waals surface area contributed by atoms with Crippen molar-refractivity contribution in [3.8, 4) is 0 Å². The van der Waals surface area contributed by atoms with Crippen LogP contribution >= 0.6 is 0 Å². The molecule has 1 N–H and O–H groups in total. The van der Waals surface area contributed by atoms with Crippen LogP contribution in [0.15, 0.2) is 24.3 Å². The van der Waals surface area contributed by atoms with Crippen molar-refractivity contribution < 1.29 is 4.79 Å². The van der Waals surface area contributed by atoms with E-state index in [1.807, 2.05) is 45.0 Å². The molecule has 1 aliphatic carbocycles. The number of nitrogens with one attached hydrogen (secondary N) is 1. The molecule has 0 spiro atoms. The van der Waals surface area contributed by atoms with Gasteiger partial charge in [0.2, 0.25) is 5.91 Å². The molecule has 0 unspecified atom stereocenters. The van der Waals surface area contributed by atoms with Gasteiger partial charge in [0, 0.05) is 11.6 Å². The van der Waals surface area contributed by atoms with Crippen LogP contribution in [0.2, 0.25) is 0 Å². The first kappa shape index (κ1) is 11.8. The predicted molar refractivity (Wildman–Crippen MR) is 63.9 cm³/mol. The van der Waals surface area contributed by atoms with Crippen molar-refractivity contribution in [2.45, 2.75) is 33.6 Å². The van der Waals surface area contributed by atoms with Gasteiger partial charge >= 0.3 is 0 Å². The third kappa shape index (κ3) is 3.74. The lowest BCUT2D eigenvalue weighted by Crippen LogP contribution is -2.13. The van der Waals surface area contributed by atoms with E-state index >= 15 is 0 Å². The van der Waals surface area contributed by atoms with E-state index in [0.29, 0.717) is 0 Å². The quantitative estimate of drug-likeness (QED) is 0.788. The van der Waals surface area contributed by atoms with Crippen molar-refractivity contribution in [3.05, 3.63) is 29.8 Å². The number of carbonyl (C=O) groups is 1. The Kier molecular flexibility index (Phi) is 4.35. The van der Waals surface area contributed by atoms with Crippen molar-refractivity contribution in [1.29, 1.82) is 0 Å². The fourth-order valence-corrected chi connectivity index (χ4v) is 1.31. The van der Waals surface area contributed by atoms with Crippen LogP contribution in [0.4, 0.5) is 5.69 Å². The van der Waals surface area contributed by atoms with Gasteiger partial charge < -0.3 is 5.32 Å². The zero-order valence-corrected chi connectivity index (χ0v) is 9.71. The highest BCUT2D eigenvalue weighted by Crippen LogP contribution is 2.30. The Labute approximate surface area is 91.7 Å². The molecular formula is C13H19NO. The number of benzene rings is 1. The van der Waals surface area contributed by atoms with Crippen molar-refractivity contribution in [2.24, 2.45) is 5.92 Å². The van der Waals surface area contributed by atoms with E-state index in [4.69, 9.17) is 0 Å². The van der Waals surface area contributed by atoms with Crippen molar-refractivity contribution in [2.75, 3.05) is 5.32 Å². The van der Waals surface area contributed by atoms with Gasteiger partial charge in [-0.1, -0.05) is 26.0 Å². The van der Waals surface area contributed by atoms with E-state index in [2.05, 4.69) is 5.32 Å². The molecule has 0 aliphatic heterocycles. The first-order valence-electron chi connectivity index (χ1n) is 5.63. The van der Waals surface area contributed by atoms with E-state index in [0.717, 1.165) is 18.5 Å². The smallest absolute Gasteiger partial charge is 0.227 e. The summed E-state index contributed by atoms with van der Waals surface area (Å²) in [5.74, 6) is 0.450. The zero-order valence-electron chi connectivity index (χ0n) is 9.71. The third-order valence-electron chi connectivity index (χ3n) is 2.23. The van der Waals surface area contributed by atoms with E-state index in [1.54, 1.807) is 0 Å². The third-order valence-corrected chi connectivity index (χ3v) is 2.23. The Balaban J connectivity index is 0.000000531. The fraction of sp³-hybridized carbons (Fsp3) is 0.462. The highest BCUT2D eigenvalue weighted by atomic mass is 16.2. The minimum atomic E-state index is 0.172. The minimum Gasteiger partial charge on any atom is -0.326 e. The Bertz CT molecular complexity index is 329. The summed E-state index contributed by atoms with van der Waals surface area (Å²) in [6.07, 6.45) is 2.11. The molecule has 0 heterocycles. The van der Waals surface area contributed by atoms with Gasteiger partial charge in [-0.15, -0.1) is 0 Å². The molecular weight excluding hydrogens is 186 g/mol. The molecule has 0 aromatic heterocycles. The molecule has 1 fully saturated rings. The van der Waals surface area contributed by atoms with Crippen LogP contribution in [0.25, 0.3) is 0 Å². The Morgan fingerprint density at radius 1 is 1.33 bits per heavy atom. The molecule has 0 radical (unpaired) electrons. The second-order valence-electron chi connectivity index (χ2n) is 3.63. The molecule has 0 bridgehead atoms. The molecule has 1 amide bonds. The lowest BCUT2D eigenvalue weighted by atomic mass is 10.2. The summed E-state index contributed by atoms with van der Waals surface area (Å²) in [5.41, 5.74) is 2.09. The summed E-state index contributed by atoms with van der Waals surface area (Å²) in [4.78, 5) is 11.4. The molecule has 15 heavy (non-hydrogen) atoms. The largest absolute Gasteiger partial charge is 0.326 e. The molecule has 0 saturated heterocycles. The van der Waals surface area contributed by atoms with Gasteiger partial charge in [0.25, 0.3) is 0 Å². The maximum absolute atomic E-state index is 11.4. The van der Waals surface area contributed by atoms with Gasteiger partial charge in [0.05, 0.1) is 0 Å². The van der Waals surface area contributed by atoms with Crippen LogP contribution in [0.5, 0.6) is 0 Å². The molecule has 82 valence electrons. The average Bonchev–Trinajstić information content (AvgIpc) is 3.04. The number of carbonyl (C=O) groups excluding carboxylic acids is 1. The van der Waals surface area contributed by atoms with Gasteiger partial charge in [-0.2, -0.15) is 0 Å². The lowest BCUT2D eigenvalue weighted by Gasteiger charge is -2.04. The molecule has 1 aromatic carbocycles. The second-order valence-corrected chi connectivity index (χ2v) is 3.63. The van der Waals surface area contributed by atoms with Gasteiger partial charge in [0.15, 0.2) is 0 Å². The van der Waals surface area contributed by atoms with Gasteiger partial charge in [-0.25, -0.2) is 0 Å². The minimum absolute atomic E-state index is 0.172. The monoisotopic (exact) mass is 205 g/mol. The van der Waals surface area contributed by atoms with Crippen molar-refractivity contribution in [1.82, 2.24) is 0 Å². The first-order chi connectivity index (χ1) is 7.25. The maximum Gasteiger partial charge on any atom is 0.227 e. The van der Waals surface area contributed by atoms with Gasteiger partial charge in [0.1, 0.15) is 0 Å². The SMILES string of the molecule is CC.Cc1cccc(NC(=O)C2CC2)c1. The lowest BCUT2D eigenvalue weighted by molar-refractivity contribution is -0.117. The number of aryl methyl sites for hydroxylation is 1. The normalized spacial score (nSPS) is 13.8. The average molecular weight is 205 g/mol. The maximum atomic E-state index is 11.4. The number of hydrogen-bond acceptors (Lipinski definition) is 1. The number of anilines is 1. The van der Waals surface area contributed by atoms with Crippen LogP contribution in [0.1, 0.15) is 32.3 Å². The van der Waals surface area contributed by atoms with Crippen LogP contribution in [0, 0.1) is 12.8 Å². The summed E-state index contributed by atoms with van der Waals surface area (Å²) in [7, 11) is 0. The molecule has 1 saturated carbocycles. The highest BCUT2D eigenvalue weighted by molar-refractivity contribution is 5.94. The first-order valence-corrected chi connectivity index (χ1v) is 5.63. The zero-order chi connectivity index (χ0) is 11.3.